The summed E-state index contributed by atoms with van der Waals surface area (Å²) in [4.78, 5) is 68.4. The lowest BCUT2D eigenvalue weighted by Crippen LogP contribution is -2.59. The van der Waals surface area contributed by atoms with Crippen molar-refractivity contribution in [1.82, 2.24) is 16.0 Å². The molecule has 4 atom stereocenters. The van der Waals surface area contributed by atoms with E-state index in [0.29, 0.717) is 0 Å². The van der Waals surface area contributed by atoms with Gasteiger partial charge < -0.3 is 47.2 Å². The first-order chi connectivity index (χ1) is 14.4. The second-order valence-electron chi connectivity index (χ2n) is 6.36. The van der Waals surface area contributed by atoms with E-state index in [1.54, 1.807) is 0 Å². The molecule has 0 bridgehead atoms. The summed E-state index contributed by atoms with van der Waals surface area (Å²) in [5, 5.41) is 50.9. The van der Waals surface area contributed by atoms with Gasteiger partial charge in [-0.1, -0.05) is 0 Å². The van der Waals surface area contributed by atoms with Gasteiger partial charge in [-0.25, -0.2) is 4.79 Å². The molecule has 176 valence electrons. The smallest absolute Gasteiger partial charge is 0.326 e. The molecule has 15 nitrogen and oxygen atoms in total. The Hall–Kier alpha value is -3.30. The van der Waals surface area contributed by atoms with E-state index in [2.05, 4.69) is 5.32 Å². The number of carboxylic acids is 3. The van der Waals surface area contributed by atoms with Crippen molar-refractivity contribution in [3.63, 3.8) is 0 Å². The number of aliphatic hydroxyl groups excluding tert-OH is 2. The fraction of sp³-hybridized carbons (Fsp3) is 0.625. The largest absolute Gasteiger partial charge is 0.481 e. The number of hydrogen-bond acceptors (Lipinski definition) is 9. The third kappa shape index (κ3) is 10.9. The van der Waals surface area contributed by atoms with Crippen LogP contribution in [-0.4, -0.2) is 98.5 Å². The standard InChI is InChI=1S/C16H26N4O11/c17-7(1-3-11(23)24)13(27)19-9(5-21)15(29)20-10(6-22)14(28)18-8(16(30)31)2-4-12(25)26/h7-10,21-22H,1-6,17H2,(H,18,28)(H,19,27)(H,20,29)(H,23,24)(H,25,26)(H,30,31). The molecule has 0 aromatic carbocycles. The van der Waals surface area contributed by atoms with Gasteiger partial charge in [0.1, 0.15) is 18.1 Å². The molecule has 0 saturated heterocycles. The predicted octanol–water partition coefficient (Wildman–Crippen LogP) is -4.43. The maximum absolute atomic E-state index is 12.2. The lowest BCUT2D eigenvalue weighted by atomic mass is 10.1. The van der Waals surface area contributed by atoms with Gasteiger partial charge in [0, 0.05) is 12.8 Å². The van der Waals surface area contributed by atoms with E-state index in [1.165, 1.54) is 0 Å². The van der Waals surface area contributed by atoms with Crippen molar-refractivity contribution >= 4 is 35.6 Å². The lowest BCUT2D eigenvalue weighted by molar-refractivity contribution is -0.144. The van der Waals surface area contributed by atoms with E-state index in [1.807, 2.05) is 10.6 Å². The van der Waals surface area contributed by atoms with Crippen LogP contribution in [0.2, 0.25) is 0 Å². The zero-order valence-corrected chi connectivity index (χ0v) is 16.3. The van der Waals surface area contributed by atoms with Crippen LogP contribution in [0.5, 0.6) is 0 Å². The Bertz CT molecular complexity index is 684. The minimum Gasteiger partial charge on any atom is -0.481 e. The van der Waals surface area contributed by atoms with Crippen molar-refractivity contribution in [2.75, 3.05) is 13.2 Å². The highest BCUT2D eigenvalue weighted by Gasteiger charge is 2.30. The zero-order chi connectivity index (χ0) is 24.1. The Labute approximate surface area is 175 Å². The first-order valence-corrected chi connectivity index (χ1v) is 8.97. The second-order valence-corrected chi connectivity index (χ2v) is 6.36. The number of carbonyl (C=O) groups is 6. The first kappa shape index (κ1) is 27.7. The molecule has 31 heavy (non-hydrogen) atoms. The number of nitrogens with one attached hydrogen (secondary N) is 3. The molecule has 0 saturated carbocycles. The van der Waals surface area contributed by atoms with Crippen molar-refractivity contribution in [2.45, 2.75) is 49.9 Å². The summed E-state index contributed by atoms with van der Waals surface area (Å²) in [5.41, 5.74) is 5.49. The molecule has 0 aliphatic heterocycles. The van der Waals surface area contributed by atoms with Gasteiger partial charge in [-0.05, 0) is 12.8 Å². The molecule has 0 fully saturated rings. The molecule has 0 aliphatic carbocycles. The molecule has 0 rings (SSSR count). The van der Waals surface area contributed by atoms with Gasteiger partial charge in [0.15, 0.2) is 0 Å². The van der Waals surface area contributed by atoms with Crippen LogP contribution >= 0.6 is 0 Å². The van der Waals surface area contributed by atoms with Crippen molar-refractivity contribution in [2.24, 2.45) is 5.73 Å². The number of amides is 3. The monoisotopic (exact) mass is 450 g/mol. The van der Waals surface area contributed by atoms with Gasteiger partial charge in [0.25, 0.3) is 0 Å². The quantitative estimate of drug-likeness (QED) is 0.114. The number of hydrogen-bond donors (Lipinski definition) is 9. The van der Waals surface area contributed by atoms with Crippen LogP contribution in [0, 0.1) is 0 Å². The van der Waals surface area contributed by atoms with Crippen LogP contribution in [0.1, 0.15) is 25.7 Å². The summed E-state index contributed by atoms with van der Waals surface area (Å²) < 4.78 is 0. The first-order valence-electron chi connectivity index (χ1n) is 8.97. The Kier molecular flexibility index (Phi) is 12.4. The highest BCUT2D eigenvalue weighted by molar-refractivity contribution is 5.94. The summed E-state index contributed by atoms with van der Waals surface area (Å²) in [6.07, 6.45) is -1.67. The second kappa shape index (κ2) is 13.8. The molecule has 0 heterocycles. The van der Waals surface area contributed by atoms with E-state index in [-0.39, 0.29) is 6.42 Å². The fourth-order valence-corrected chi connectivity index (χ4v) is 2.15. The van der Waals surface area contributed by atoms with Crippen LogP contribution in [0.4, 0.5) is 0 Å². The van der Waals surface area contributed by atoms with E-state index in [9.17, 15) is 39.0 Å². The average molecular weight is 450 g/mol. The zero-order valence-electron chi connectivity index (χ0n) is 16.3. The molecule has 0 aromatic heterocycles. The number of nitrogens with two attached hydrogens (primary N) is 1. The molecular formula is C16H26N4O11. The Morgan fingerprint density at radius 1 is 0.645 bits per heavy atom. The molecule has 0 aromatic rings. The third-order valence-electron chi connectivity index (χ3n) is 3.90. The Morgan fingerprint density at radius 3 is 1.42 bits per heavy atom. The summed E-state index contributed by atoms with van der Waals surface area (Å²) >= 11 is 0. The van der Waals surface area contributed by atoms with Gasteiger partial charge in [-0.3, -0.25) is 24.0 Å². The molecule has 3 amide bonds. The number of carbonyl (C=O) groups excluding carboxylic acids is 3. The van der Waals surface area contributed by atoms with Gasteiger partial charge in [-0.15, -0.1) is 0 Å². The molecular weight excluding hydrogens is 424 g/mol. The van der Waals surface area contributed by atoms with E-state index >= 15 is 0 Å². The van der Waals surface area contributed by atoms with Gasteiger partial charge >= 0.3 is 17.9 Å². The van der Waals surface area contributed by atoms with Gasteiger partial charge in [-0.2, -0.15) is 0 Å². The average Bonchev–Trinajstić information content (AvgIpc) is 2.70. The highest BCUT2D eigenvalue weighted by atomic mass is 16.4. The maximum atomic E-state index is 12.2. The lowest BCUT2D eigenvalue weighted by Gasteiger charge is -2.23. The van der Waals surface area contributed by atoms with E-state index in [0.717, 1.165) is 0 Å². The minimum absolute atomic E-state index is 0.241. The molecule has 0 aliphatic rings. The van der Waals surface area contributed by atoms with E-state index in [4.69, 9.17) is 21.1 Å². The fourth-order valence-electron chi connectivity index (χ4n) is 2.15. The van der Waals surface area contributed by atoms with Crippen molar-refractivity contribution in [3.8, 4) is 0 Å². The minimum atomic E-state index is -1.68. The summed E-state index contributed by atoms with van der Waals surface area (Å²) in [7, 11) is 0. The van der Waals surface area contributed by atoms with Crippen LogP contribution in [-0.2, 0) is 28.8 Å². The van der Waals surface area contributed by atoms with Crippen molar-refractivity contribution in [3.05, 3.63) is 0 Å². The number of carboxylic acid groups (broad SMARTS) is 3. The molecule has 0 radical (unpaired) electrons. The Balaban J connectivity index is 4.97. The van der Waals surface area contributed by atoms with Crippen LogP contribution in [0.3, 0.4) is 0 Å². The van der Waals surface area contributed by atoms with Gasteiger partial charge in [0.2, 0.25) is 17.7 Å². The highest BCUT2D eigenvalue weighted by Crippen LogP contribution is 2.00. The molecule has 15 heteroatoms. The van der Waals surface area contributed by atoms with Crippen LogP contribution in [0.25, 0.3) is 0 Å². The summed E-state index contributed by atoms with van der Waals surface area (Å²) in [6, 6.07) is -6.17. The van der Waals surface area contributed by atoms with Crippen molar-refractivity contribution in [1.29, 1.82) is 0 Å². The topological polar surface area (TPSA) is 266 Å². The van der Waals surface area contributed by atoms with Gasteiger partial charge in [0.05, 0.1) is 19.3 Å². The maximum Gasteiger partial charge on any atom is 0.326 e. The molecule has 4 unspecified atom stereocenters. The van der Waals surface area contributed by atoms with Crippen molar-refractivity contribution < 1.29 is 54.3 Å². The van der Waals surface area contributed by atoms with E-state index < -0.39 is 92.3 Å². The third-order valence-corrected chi connectivity index (χ3v) is 3.90. The Morgan fingerprint density at radius 2 is 1.03 bits per heavy atom. The number of aliphatic carboxylic acids is 3. The summed E-state index contributed by atoms with van der Waals surface area (Å²) in [6.45, 7) is -1.91. The predicted molar refractivity (Wildman–Crippen MR) is 99.3 cm³/mol. The normalized spacial score (nSPS) is 14.4. The number of aliphatic hydroxyl groups is 2. The molecule has 10 N–H and O–H groups in total. The van der Waals surface area contributed by atoms with Crippen LogP contribution < -0.4 is 21.7 Å². The molecule has 0 spiro atoms. The summed E-state index contributed by atoms with van der Waals surface area (Å²) in [5.74, 6) is -7.23. The SMILES string of the molecule is NC(CCC(=O)O)C(=O)NC(CO)C(=O)NC(CO)C(=O)NC(CCC(=O)O)C(=O)O. The number of rotatable bonds is 15. The van der Waals surface area contributed by atoms with Crippen LogP contribution in [0.15, 0.2) is 0 Å².